The lowest BCUT2D eigenvalue weighted by Crippen LogP contribution is -2.15. The molecule has 1 heterocycles. The molecule has 0 saturated heterocycles. The molecule has 2 rings (SSSR count). The summed E-state index contributed by atoms with van der Waals surface area (Å²) in [6.45, 7) is 9.17. The summed E-state index contributed by atoms with van der Waals surface area (Å²) in [7, 11) is -3.95. The van der Waals surface area contributed by atoms with Gasteiger partial charge in [0.05, 0.1) is 4.90 Å². The van der Waals surface area contributed by atoms with Crippen molar-refractivity contribution in [2.45, 2.75) is 44.9 Å². The number of anilines is 1. The Hall–Kier alpha value is -1.77. The molecule has 0 aliphatic rings. The van der Waals surface area contributed by atoms with Crippen LogP contribution in [0.1, 0.15) is 36.8 Å². The molecule has 9 heteroatoms. The standard InChI is InChI=1S/C17H20ClNO5S2/c1-9-7-13(10(2)6-11(9)18)26(22,23)19-12-8-14(17(3,4)5)25-15(12)24-16(20)21/h6-8,19H,1-5H3,(H,20,21). The van der Waals surface area contributed by atoms with Gasteiger partial charge in [-0.1, -0.05) is 32.4 Å². The molecule has 0 saturated carbocycles. The summed E-state index contributed by atoms with van der Waals surface area (Å²) < 4.78 is 32.9. The fourth-order valence-corrected chi connectivity index (χ4v) is 4.88. The van der Waals surface area contributed by atoms with E-state index in [9.17, 15) is 13.2 Å². The molecular formula is C17H20ClNO5S2. The Labute approximate surface area is 161 Å². The van der Waals surface area contributed by atoms with Crippen molar-refractivity contribution in [3.63, 3.8) is 0 Å². The number of thiophene rings is 1. The van der Waals surface area contributed by atoms with Gasteiger partial charge in [0, 0.05) is 9.90 Å². The predicted octanol–water partition coefficient (Wildman–Crippen LogP) is 5.17. The monoisotopic (exact) mass is 417 g/mol. The van der Waals surface area contributed by atoms with Crippen molar-refractivity contribution in [2.75, 3.05) is 4.72 Å². The van der Waals surface area contributed by atoms with E-state index in [1.807, 2.05) is 20.8 Å². The highest BCUT2D eigenvalue weighted by molar-refractivity contribution is 7.92. The van der Waals surface area contributed by atoms with Crippen molar-refractivity contribution in [3.8, 4) is 5.06 Å². The van der Waals surface area contributed by atoms with E-state index in [0.29, 0.717) is 16.1 Å². The number of sulfonamides is 1. The fourth-order valence-electron chi connectivity index (χ4n) is 2.21. The van der Waals surface area contributed by atoms with Crippen molar-refractivity contribution in [1.82, 2.24) is 0 Å². The number of halogens is 1. The van der Waals surface area contributed by atoms with Crippen LogP contribution >= 0.6 is 22.9 Å². The Morgan fingerprint density at radius 2 is 1.81 bits per heavy atom. The molecule has 2 aromatic rings. The van der Waals surface area contributed by atoms with Crippen molar-refractivity contribution >= 4 is 44.8 Å². The number of carboxylic acid groups (broad SMARTS) is 1. The minimum absolute atomic E-state index is 0.0191. The zero-order chi connectivity index (χ0) is 19.9. The molecule has 0 amide bonds. The molecule has 0 radical (unpaired) electrons. The van der Waals surface area contributed by atoms with Crippen molar-refractivity contribution in [1.29, 1.82) is 0 Å². The SMILES string of the molecule is Cc1cc(S(=O)(=O)Nc2cc(C(C)(C)C)sc2OC(=O)O)c(C)cc1Cl. The second-order valence-corrected chi connectivity index (χ2v) is 9.97. The van der Waals surface area contributed by atoms with Gasteiger partial charge in [0.2, 0.25) is 5.06 Å². The Bertz CT molecular complexity index is 958. The molecule has 26 heavy (non-hydrogen) atoms. The van der Waals surface area contributed by atoms with Crippen LogP contribution in [0, 0.1) is 13.8 Å². The lowest BCUT2D eigenvalue weighted by Gasteiger charge is -2.15. The van der Waals surface area contributed by atoms with E-state index in [1.165, 1.54) is 6.07 Å². The van der Waals surface area contributed by atoms with Crippen LogP contribution in [0.3, 0.4) is 0 Å². The molecule has 6 nitrogen and oxygen atoms in total. The van der Waals surface area contributed by atoms with Gasteiger partial charge in [0.15, 0.2) is 0 Å². The van der Waals surface area contributed by atoms with Crippen molar-refractivity contribution < 1.29 is 23.1 Å². The van der Waals surface area contributed by atoms with Gasteiger partial charge >= 0.3 is 6.16 Å². The summed E-state index contributed by atoms with van der Waals surface area (Å²) in [4.78, 5) is 11.8. The Morgan fingerprint density at radius 1 is 1.19 bits per heavy atom. The summed E-state index contributed by atoms with van der Waals surface area (Å²) in [6, 6.07) is 4.65. The third-order valence-electron chi connectivity index (χ3n) is 3.61. The zero-order valence-corrected chi connectivity index (χ0v) is 17.4. The van der Waals surface area contributed by atoms with E-state index in [-0.39, 0.29) is 21.1 Å². The lowest BCUT2D eigenvalue weighted by atomic mass is 9.95. The van der Waals surface area contributed by atoms with Crippen LogP contribution in [0.15, 0.2) is 23.1 Å². The van der Waals surface area contributed by atoms with Gasteiger partial charge < -0.3 is 9.84 Å². The minimum atomic E-state index is -3.95. The maximum Gasteiger partial charge on any atom is 0.512 e. The highest BCUT2D eigenvalue weighted by Gasteiger charge is 2.26. The minimum Gasteiger partial charge on any atom is -0.449 e. The molecular weight excluding hydrogens is 398 g/mol. The zero-order valence-electron chi connectivity index (χ0n) is 15.0. The number of benzene rings is 1. The van der Waals surface area contributed by atoms with Crippen LogP contribution < -0.4 is 9.46 Å². The van der Waals surface area contributed by atoms with E-state index in [1.54, 1.807) is 26.0 Å². The molecule has 0 aliphatic heterocycles. The summed E-state index contributed by atoms with van der Waals surface area (Å²) in [6.07, 6.45) is -1.51. The van der Waals surface area contributed by atoms with Crippen LogP contribution in [-0.4, -0.2) is 19.7 Å². The van der Waals surface area contributed by atoms with Crippen LogP contribution in [0.4, 0.5) is 10.5 Å². The highest BCUT2D eigenvalue weighted by Crippen LogP contribution is 2.42. The van der Waals surface area contributed by atoms with Crippen LogP contribution in [-0.2, 0) is 15.4 Å². The average Bonchev–Trinajstić information content (AvgIpc) is 2.84. The predicted molar refractivity (Wildman–Crippen MR) is 103 cm³/mol. The third-order valence-corrected chi connectivity index (χ3v) is 6.96. The first-order chi connectivity index (χ1) is 11.8. The quantitative estimate of drug-likeness (QED) is 0.669. The summed E-state index contributed by atoms with van der Waals surface area (Å²) >= 11 is 7.12. The van der Waals surface area contributed by atoms with E-state index >= 15 is 0 Å². The number of nitrogens with one attached hydrogen (secondary N) is 1. The van der Waals surface area contributed by atoms with Crippen molar-refractivity contribution in [3.05, 3.63) is 39.2 Å². The molecule has 142 valence electrons. The molecule has 0 fully saturated rings. The first kappa shape index (κ1) is 20.5. The van der Waals surface area contributed by atoms with Gasteiger partial charge in [0.1, 0.15) is 5.69 Å². The maximum absolute atomic E-state index is 12.8. The fraction of sp³-hybridized carbons (Fsp3) is 0.353. The molecule has 0 atom stereocenters. The van der Waals surface area contributed by atoms with Crippen LogP contribution in [0.25, 0.3) is 0 Å². The van der Waals surface area contributed by atoms with Crippen LogP contribution in [0.2, 0.25) is 5.02 Å². The molecule has 0 spiro atoms. The Morgan fingerprint density at radius 3 is 2.35 bits per heavy atom. The number of rotatable bonds is 4. The number of hydrogen-bond donors (Lipinski definition) is 2. The van der Waals surface area contributed by atoms with E-state index in [2.05, 4.69) is 4.72 Å². The topological polar surface area (TPSA) is 92.7 Å². The van der Waals surface area contributed by atoms with E-state index < -0.39 is 16.2 Å². The van der Waals surface area contributed by atoms with E-state index in [4.69, 9.17) is 21.4 Å². The molecule has 1 aromatic heterocycles. The normalized spacial score (nSPS) is 12.1. The van der Waals surface area contributed by atoms with Crippen LogP contribution in [0.5, 0.6) is 5.06 Å². The van der Waals surface area contributed by atoms with Gasteiger partial charge in [-0.05, 0) is 48.6 Å². The average molecular weight is 418 g/mol. The first-order valence-corrected chi connectivity index (χ1v) is 10.3. The lowest BCUT2D eigenvalue weighted by molar-refractivity contribution is 0.146. The maximum atomic E-state index is 12.8. The summed E-state index contributed by atoms with van der Waals surface area (Å²) in [5, 5.41) is 9.38. The Kier molecular flexibility index (Phi) is 5.60. The van der Waals surface area contributed by atoms with Gasteiger partial charge in [-0.2, -0.15) is 0 Å². The van der Waals surface area contributed by atoms with Gasteiger partial charge in [-0.15, -0.1) is 11.3 Å². The number of aryl methyl sites for hydroxylation is 2. The number of carbonyl (C=O) groups is 1. The third kappa shape index (κ3) is 4.49. The second-order valence-electron chi connectivity index (χ2n) is 6.90. The highest BCUT2D eigenvalue weighted by atomic mass is 35.5. The smallest absolute Gasteiger partial charge is 0.449 e. The molecule has 0 aliphatic carbocycles. The summed E-state index contributed by atoms with van der Waals surface area (Å²) in [5.41, 5.74) is 0.910. The second kappa shape index (κ2) is 7.09. The molecule has 2 N–H and O–H groups in total. The van der Waals surface area contributed by atoms with Gasteiger partial charge in [-0.3, -0.25) is 4.72 Å². The first-order valence-electron chi connectivity index (χ1n) is 7.66. The summed E-state index contributed by atoms with van der Waals surface area (Å²) in [5.74, 6) is 0. The number of ether oxygens (including phenoxy) is 1. The van der Waals surface area contributed by atoms with Gasteiger partial charge in [-0.25, -0.2) is 13.2 Å². The largest absolute Gasteiger partial charge is 0.512 e. The van der Waals surface area contributed by atoms with Crippen molar-refractivity contribution in [2.24, 2.45) is 0 Å². The van der Waals surface area contributed by atoms with E-state index in [0.717, 1.165) is 16.2 Å². The Balaban J connectivity index is 2.51. The molecule has 0 bridgehead atoms. The number of hydrogen-bond acceptors (Lipinski definition) is 5. The van der Waals surface area contributed by atoms with Gasteiger partial charge in [0.25, 0.3) is 10.0 Å². The molecule has 1 aromatic carbocycles. The molecule has 0 unspecified atom stereocenters.